The van der Waals surface area contributed by atoms with Crippen molar-refractivity contribution in [3.63, 3.8) is 0 Å². The molecule has 0 aliphatic carbocycles. The Kier molecular flexibility index (Phi) is 18.6. The summed E-state index contributed by atoms with van der Waals surface area (Å²) >= 11 is 0. The van der Waals surface area contributed by atoms with Crippen molar-refractivity contribution < 1.29 is 29.1 Å². The molecule has 12 heavy (non-hydrogen) atoms. The average Bonchev–Trinajstić information content (AvgIpc) is 1.81. The standard InChI is InChI=1S/C3H9O6P.2K.2H/c4-1-3(2-5)9-10(6,7)8;;;;/h3-5H,1-2H2,(H2,6,7,8);;;;. The summed E-state index contributed by atoms with van der Waals surface area (Å²) in [5.41, 5.74) is 0. The minimum absolute atomic E-state index is 0. The number of hydrogen-bond donors (Lipinski definition) is 4. The molecule has 0 radical (unpaired) electrons. The van der Waals surface area contributed by atoms with Gasteiger partial charge in [-0.1, -0.05) is 0 Å². The van der Waals surface area contributed by atoms with E-state index in [2.05, 4.69) is 4.52 Å². The maximum atomic E-state index is 10.0. The van der Waals surface area contributed by atoms with Crippen LogP contribution in [0.4, 0.5) is 0 Å². The second-order valence-corrected chi connectivity index (χ2v) is 2.78. The third kappa shape index (κ3) is 13.3. The first kappa shape index (κ1) is 20.7. The molecule has 0 saturated heterocycles. The Morgan fingerprint density at radius 1 is 1.17 bits per heavy atom. The van der Waals surface area contributed by atoms with Gasteiger partial charge in [-0.05, 0) is 0 Å². The van der Waals surface area contributed by atoms with Gasteiger partial charge in [0.2, 0.25) is 0 Å². The van der Waals surface area contributed by atoms with Crippen molar-refractivity contribution in [1.82, 2.24) is 0 Å². The molecule has 0 rings (SSSR count). The van der Waals surface area contributed by atoms with Gasteiger partial charge in [-0.25, -0.2) is 4.57 Å². The molecule has 4 N–H and O–H groups in total. The summed E-state index contributed by atoms with van der Waals surface area (Å²) < 4.78 is 13.9. The summed E-state index contributed by atoms with van der Waals surface area (Å²) in [6.07, 6.45) is -1.21. The monoisotopic (exact) mass is 252 g/mol. The second-order valence-electron chi connectivity index (χ2n) is 1.58. The molecule has 0 spiro atoms. The van der Waals surface area contributed by atoms with Gasteiger partial charge >= 0.3 is 111 Å². The Hall–Kier alpha value is 3.30. The van der Waals surface area contributed by atoms with Crippen LogP contribution in [0.1, 0.15) is 0 Å². The number of phosphoric acid groups is 1. The minimum atomic E-state index is -4.57. The van der Waals surface area contributed by atoms with Crippen LogP contribution in [0.2, 0.25) is 0 Å². The molecule has 0 heterocycles. The molecular weight excluding hydrogens is 241 g/mol. The van der Waals surface area contributed by atoms with E-state index in [1.54, 1.807) is 0 Å². The summed E-state index contributed by atoms with van der Waals surface area (Å²) in [6, 6.07) is 0. The van der Waals surface area contributed by atoms with Gasteiger partial charge in [0, 0.05) is 0 Å². The molecule has 6 nitrogen and oxygen atoms in total. The number of aliphatic hydroxyl groups is 2. The number of aliphatic hydroxyl groups excluding tert-OH is 2. The van der Waals surface area contributed by atoms with Crippen LogP contribution in [0.25, 0.3) is 0 Å². The van der Waals surface area contributed by atoms with Gasteiger partial charge < -0.3 is 20.0 Å². The van der Waals surface area contributed by atoms with Crippen LogP contribution < -0.4 is 0 Å². The first-order chi connectivity index (χ1) is 4.49. The van der Waals surface area contributed by atoms with Crippen molar-refractivity contribution in [3.05, 3.63) is 0 Å². The van der Waals surface area contributed by atoms with E-state index < -0.39 is 27.1 Å². The zero-order valence-electron chi connectivity index (χ0n) is 5.04. The van der Waals surface area contributed by atoms with Crippen molar-refractivity contribution in [2.75, 3.05) is 13.2 Å². The molecular formula is C3H11K2O6P. The topological polar surface area (TPSA) is 107 Å². The van der Waals surface area contributed by atoms with Gasteiger partial charge in [0.1, 0.15) is 6.10 Å². The molecule has 0 saturated carbocycles. The summed E-state index contributed by atoms with van der Waals surface area (Å²) in [6.45, 7) is -1.25. The van der Waals surface area contributed by atoms with E-state index in [4.69, 9.17) is 20.0 Å². The predicted octanol–water partition coefficient (Wildman–Crippen LogP) is -2.85. The third-order valence-corrected chi connectivity index (χ3v) is 1.27. The van der Waals surface area contributed by atoms with Crippen LogP contribution >= 0.6 is 7.82 Å². The zero-order chi connectivity index (χ0) is 8.20. The van der Waals surface area contributed by atoms with Crippen LogP contribution in [-0.2, 0) is 9.09 Å². The van der Waals surface area contributed by atoms with Crippen molar-refractivity contribution in [2.24, 2.45) is 0 Å². The van der Waals surface area contributed by atoms with Crippen LogP contribution in [0, 0.1) is 0 Å². The van der Waals surface area contributed by atoms with Crippen molar-refractivity contribution >= 4 is 111 Å². The van der Waals surface area contributed by atoms with Gasteiger partial charge in [-0.3, -0.25) is 4.52 Å². The Balaban J connectivity index is -0.000000405. The fourth-order valence-corrected chi connectivity index (χ4v) is 0.840. The molecule has 0 fully saturated rings. The molecule has 0 aliphatic rings. The van der Waals surface area contributed by atoms with Gasteiger partial charge in [0.25, 0.3) is 0 Å². The Bertz CT molecular complexity index is 133. The van der Waals surface area contributed by atoms with Crippen LogP contribution in [0.5, 0.6) is 0 Å². The predicted molar refractivity (Wildman–Crippen MR) is 45.4 cm³/mol. The van der Waals surface area contributed by atoms with Gasteiger partial charge in [-0.2, -0.15) is 0 Å². The fraction of sp³-hybridized carbons (Fsp3) is 1.00. The van der Waals surface area contributed by atoms with Crippen molar-refractivity contribution in [3.8, 4) is 0 Å². The molecule has 0 aromatic heterocycles. The Morgan fingerprint density at radius 2 is 1.50 bits per heavy atom. The van der Waals surface area contributed by atoms with Gasteiger partial charge in [0.05, 0.1) is 13.2 Å². The maximum absolute atomic E-state index is 10.0. The molecule has 66 valence electrons. The SMILES string of the molecule is O=P(O)(O)OC(CO)CO.[KH].[KH]. The van der Waals surface area contributed by atoms with E-state index in [0.717, 1.165) is 0 Å². The van der Waals surface area contributed by atoms with E-state index in [9.17, 15) is 4.57 Å². The quantitative estimate of drug-likeness (QED) is 0.317. The molecule has 0 bridgehead atoms. The summed E-state index contributed by atoms with van der Waals surface area (Å²) in [5, 5.41) is 16.5. The summed E-state index contributed by atoms with van der Waals surface area (Å²) in [5.74, 6) is 0. The van der Waals surface area contributed by atoms with Crippen LogP contribution in [-0.4, -0.2) is 142 Å². The van der Waals surface area contributed by atoms with Crippen molar-refractivity contribution in [1.29, 1.82) is 0 Å². The van der Waals surface area contributed by atoms with Crippen LogP contribution in [0.15, 0.2) is 0 Å². The number of phosphoric ester groups is 1. The fourth-order valence-electron chi connectivity index (χ4n) is 0.319. The molecule has 0 aromatic rings. The van der Waals surface area contributed by atoms with E-state index in [0.29, 0.717) is 0 Å². The Morgan fingerprint density at radius 3 is 1.58 bits per heavy atom. The molecule has 0 atom stereocenters. The number of hydrogen-bond acceptors (Lipinski definition) is 4. The van der Waals surface area contributed by atoms with E-state index in [-0.39, 0.29) is 103 Å². The van der Waals surface area contributed by atoms with Crippen LogP contribution in [0.3, 0.4) is 0 Å². The van der Waals surface area contributed by atoms with Crippen molar-refractivity contribution in [2.45, 2.75) is 6.10 Å². The van der Waals surface area contributed by atoms with E-state index >= 15 is 0 Å². The molecule has 0 unspecified atom stereocenters. The number of rotatable bonds is 4. The molecule has 0 aromatic carbocycles. The second kappa shape index (κ2) is 10.8. The van der Waals surface area contributed by atoms with Gasteiger partial charge in [0.15, 0.2) is 0 Å². The molecule has 0 amide bonds. The average molecular weight is 252 g/mol. The van der Waals surface area contributed by atoms with E-state index in [1.165, 1.54) is 0 Å². The Labute approximate surface area is 155 Å². The third-order valence-electron chi connectivity index (χ3n) is 0.694. The first-order valence-corrected chi connectivity index (χ1v) is 3.98. The zero-order valence-corrected chi connectivity index (χ0v) is 5.94. The molecule has 0 aliphatic heterocycles. The summed E-state index contributed by atoms with van der Waals surface area (Å²) in [7, 11) is -4.57. The van der Waals surface area contributed by atoms with E-state index in [1.807, 2.05) is 0 Å². The normalized spacial score (nSPS) is 10.4. The van der Waals surface area contributed by atoms with Gasteiger partial charge in [-0.15, -0.1) is 0 Å². The molecule has 9 heteroatoms. The first-order valence-electron chi connectivity index (χ1n) is 2.45. The summed E-state index contributed by atoms with van der Waals surface area (Å²) in [4.78, 5) is 16.2.